The fourth-order valence-electron chi connectivity index (χ4n) is 5.49. The molecule has 2 aliphatic rings. The first-order chi connectivity index (χ1) is 25.5. The molecule has 2 amide bonds. The maximum atomic E-state index is 11.5. The highest BCUT2D eigenvalue weighted by Gasteiger charge is 2.21. The van der Waals surface area contributed by atoms with Gasteiger partial charge in [-0.1, -0.05) is 0 Å². The van der Waals surface area contributed by atoms with Crippen molar-refractivity contribution in [3.63, 3.8) is 0 Å². The Labute approximate surface area is 312 Å². The molecular weight excluding hydrogens is 694 g/mol. The summed E-state index contributed by atoms with van der Waals surface area (Å²) < 4.78 is 0. The van der Waals surface area contributed by atoms with Crippen molar-refractivity contribution in [2.75, 3.05) is 45.6 Å². The van der Waals surface area contributed by atoms with E-state index in [1.807, 2.05) is 42.5 Å². The normalized spacial score (nSPS) is 13.8. The minimum absolute atomic E-state index is 0.00350. The molecule has 0 aliphatic heterocycles. The molecule has 276 valence electrons. The number of fused-ring (bicyclic) bond motifs is 2. The van der Waals surface area contributed by atoms with Gasteiger partial charge in [-0.05, 0) is 98.7 Å². The van der Waals surface area contributed by atoms with Crippen LogP contribution in [-0.2, 0) is 9.59 Å². The second-order valence-corrected chi connectivity index (χ2v) is 13.4. The summed E-state index contributed by atoms with van der Waals surface area (Å²) in [5.41, 5.74) is 12.1. The first kappa shape index (κ1) is 36.8. The lowest BCUT2D eigenvalue weighted by Gasteiger charge is -2.27. The first-order valence-electron chi connectivity index (χ1n) is 17.5. The maximum Gasteiger partial charge on any atom is 0.226 e. The first-order valence-corrected chi connectivity index (χ1v) is 17.9. The van der Waals surface area contributed by atoms with Gasteiger partial charge in [0.1, 0.15) is 16.9 Å². The zero-order valence-corrected chi connectivity index (χ0v) is 30.9. The molecule has 0 unspecified atom stereocenters. The van der Waals surface area contributed by atoms with E-state index in [0.29, 0.717) is 23.4 Å². The molecule has 6 aromatic rings. The highest BCUT2D eigenvalue weighted by Crippen LogP contribution is 2.29. The zero-order valence-electron chi connectivity index (χ0n) is 30.2. The van der Waals surface area contributed by atoms with Crippen molar-refractivity contribution < 1.29 is 9.59 Å². The molecule has 2 saturated carbocycles. The summed E-state index contributed by atoms with van der Waals surface area (Å²) in [7, 11) is 3.49. The molecule has 4 heterocycles. The van der Waals surface area contributed by atoms with Crippen molar-refractivity contribution in [3.05, 3.63) is 72.5 Å². The summed E-state index contributed by atoms with van der Waals surface area (Å²) in [5, 5.41) is 10.4. The van der Waals surface area contributed by atoms with Crippen LogP contribution >= 0.6 is 11.6 Å². The summed E-state index contributed by atoms with van der Waals surface area (Å²) in [4.78, 5) is 53.1. The Morgan fingerprint density at radius 3 is 1.91 bits per heavy atom. The van der Waals surface area contributed by atoms with Crippen LogP contribution in [0.15, 0.2) is 67.3 Å². The second-order valence-electron chi connectivity index (χ2n) is 13.1. The topological polar surface area (TPSA) is 199 Å². The summed E-state index contributed by atoms with van der Waals surface area (Å²) >= 11 is 5.81. The van der Waals surface area contributed by atoms with Gasteiger partial charge in [-0.25, -0.2) is 15.0 Å². The standard InChI is InChI=1S/C19H22N6O.C9H10ClN5.C9H12N2O/c1-12(26)25(2)15-8-6-14(7-9-15)22-17-10-16-18(21-11-20-16)19(24-17)23-13-4-3-5-13;10-9-14-7-6(11-4-12-7)8(15-9)13-5-2-1-3-5;1-7(12)11(2)9-5-3-8(10)4-6-9/h6-11,13H,3-5H2,1-2H3,(H,20,21)(H2,22,23,24);4-5H,1-3H2,(H2,11,12,13,14,15);3-6H,10H2,1-2H3. The molecule has 8 rings (SSSR count). The molecule has 0 saturated heterocycles. The number of nitrogen functional groups attached to an aromatic ring is 1. The third kappa shape index (κ3) is 9.29. The molecule has 2 fully saturated rings. The average molecular weight is 738 g/mol. The Morgan fingerprint density at radius 1 is 0.774 bits per heavy atom. The van der Waals surface area contributed by atoms with E-state index in [1.165, 1.54) is 45.4 Å². The smallest absolute Gasteiger partial charge is 0.226 e. The van der Waals surface area contributed by atoms with Crippen molar-refractivity contribution in [1.29, 1.82) is 0 Å². The van der Waals surface area contributed by atoms with E-state index in [2.05, 4.69) is 45.9 Å². The molecule has 53 heavy (non-hydrogen) atoms. The van der Waals surface area contributed by atoms with Crippen LogP contribution < -0.4 is 31.5 Å². The average Bonchev–Trinajstić information content (AvgIpc) is 3.78. The third-order valence-corrected chi connectivity index (χ3v) is 9.48. The van der Waals surface area contributed by atoms with E-state index in [4.69, 9.17) is 22.3 Å². The van der Waals surface area contributed by atoms with Crippen LogP contribution in [0.3, 0.4) is 0 Å². The van der Waals surface area contributed by atoms with Gasteiger partial charge in [-0.2, -0.15) is 9.97 Å². The molecule has 0 radical (unpaired) electrons. The fraction of sp³-hybridized carbons (Fsp3) is 0.324. The number of halogens is 1. The fourth-order valence-corrected chi connectivity index (χ4v) is 5.66. The van der Waals surface area contributed by atoms with Crippen LogP contribution in [0.5, 0.6) is 0 Å². The number of benzene rings is 2. The number of carbonyl (C=O) groups is 2. The molecule has 0 atom stereocenters. The van der Waals surface area contributed by atoms with E-state index in [1.54, 1.807) is 55.6 Å². The number of pyridine rings is 1. The highest BCUT2D eigenvalue weighted by atomic mass is 35.5. The Hall–Kier alpha value is -5.96. The van der Waals surface area contributed by atoms with Gasteiger partial charge in [0.15, 0.2) is 17.3 Å². The number of aromatic nitrogens is 7. The number of hydrogen-bond donors (Lipinski definition) is 6. The number of hydrogen-bond acceptors (Lipinski definition) is 11. The number of aromatic amines is 2. The maximum absolute atomic E-state index is 11.5. The van der Waals surface area contributed by atoms with Crippen LogP contribution in [0.2, 0.25) is 5.28 Å². The van der Waals surface area contributed by atoms with Gasteiger partial charge in [-0.3, -0.25) is 9.59 Å². The van der Waals surface area contributed by atoms with E-state index in [-0.39, 0.29) is 17.1 Å². The molecule has 16 heteroatoms. The Kier molecular flexibility index (Phi) is 11.5. The minimum atomic E-state index is 0.00350. The number of imidazole rings is 2. The largest absolute Gasteiger partial charge is 0.399 e. The van der Waals surface area contributed by atoms with Crippen LogP contribution in [0.4, 0.5) is 40.2 Å². The van der Waals surface area contributed by atoms with Crippen LogP contribution in [0, 0.1) is 0 Å². The lowest BCUT2D eigenvalue weighted by molar-refractivity contribution is -0.117. The SMILES string of the molecule is CC(=O)N(C)c1ccc(N)cc1.CC(=O)N(C)c1ccc(Nc2cc3[nH]cnc3c(NC3CCC3)n2)cc1.Clc1nc(NC2CCC2)c2[nH]cnc2n1. The van der Waals surface area contributed by atoms with E-state index in [9.17, 15) is 9.59 Å². The van der Waals surface area contributed by atoms with E-state index >= 15 is 0 Å². The molecular formula is C37H44ClN13O2. The Bertz CT molecular complexity index is 2160. The number of carbonyl (C=O) groups excluding carboxylic acids is 2. The van der Waals surface area contributed by atoms with Crippen molar-refractivity contribution in [2.45, 2.75) is 64.5 Å². The van der Waals surface area contributed by atoms with Crippen molar-refractivity contribution in [3.8, 4) is 0 Å². The predicted molar refractivity (Wildman–Crippen MR) is 212 cm³/mol. The number of amides is 2. The van der Waals surface area contributed by atoms with E-state index < -0.39 is 0 Å². The molecule has 15 nitrogen and oxygen atoms in total. The van der Waals surface area contributed by atoms with Crippen LogP contribution in [-0.4, -0.2) is 72.9 Å². The Morgan fingerprint density at radius 2 is 1.34 bits per heavy atom. The third-order valence-electron chi connectivity index (χ3n) is 9.31. The molecule has 0 spiro atoms. The summed E-state index contributed by atoms with van der Waals surface area (Å²) in [5.74, 6) is 2.33. The second kappa shape index (κ2) is 16.6. The molecule has 2 aliphatic carbocycles. The molecule has 4 aromatic heterocycles. The van der Waals surface area contributed by atoms with Gasteiger partial charge in [0.2, 0.25) is 17.1 Å². The van der Waals surface area contributed by atoms with Gasteiger partial charge < -0.3 is 41.5 Å². The monoisotopic (exact) mass is 737 g/mol. The Balaban J connectivity index is 0.000000150. The number of H-pyrrole nitrogens is 2. The number of anilines is 7. The summed E-state index contributed by atoms with van der Waals surface area (Å²) in [6, 6.07) is 17.8. The predicted octanol–water partition coefficient (Wildman–Crippen LogP) is 6.87. The van der Waals surface area contributed by atoms with Crippen molar-refractivity contribution >= 4 is 85.8 Å². The zero-order chi connectivity index (χ0) is 37.5. The van der Waals surface area contributed by atoms with Crippen molar-refractivity contribution in [2.24, 2.45) is 0 Å². The van der Waals surface area contributed by atoms with Crippen LogP contribution in [0.25, 0.3) is 22.2 Å². The van der Waals surface area contributed by atoms with Gasteiger partial charge in [-0.15, -0.1) is 0 Å². The van der Waals surface area contributed by atoms with Gasteiger partial charge in [0, 0.05) is 68.8 Å². The number of rotatable bonds is 8. The lowest BCUT2D eigenvalue weighted by Crippen LogP contribution is -2.27. The van der Waals surface area contributed by atoms with Gasteiger partial charge >= 0.3 is 0 Å². The van der Waals surface area contributed by atoms with Gasteiger partial charge in [0.25, 0.3) is 0 Å². The van der Waals surface area contributed by atoms with Crippen LogP contribution in [0.1, 0.15) is 52.4 Å². The van der Waals surface area contributed by atoms with Crippen molar-refractivity contribution in [1.82, 2.24) is 34.9 Å². The molecule has 0 bridgehead atoms. The summed E-state index contributed by atoms with van der Waals surface area (Å²) in [6.07, 6.45) is 10.6. The minimum Gasteiger partial charge on any atom is -0.399 e. The molecule has 2 aromatic carbocycles. The number of nitrogens with zero attached hydrogens (tertiary/aromatic N) is 7. The lowest BCUT2D eigenvalue weighted by atomic mass is 9.93. The summed E-state index contributed by atoms with van der Waals surface area (Å²) in [6.45, 7) is 3.07. The molecule has 7 N–H and O–H groups in total. The van der Waals surface area contributed by atoms with E-state index in [0.717, 1.165) is 51.1 Å². The highest BCUT2D eigenvalue weighted by molar-refractivity contribution is 6.28. The quantitative estimate of drug-likeness (QED) is 0.0704. The number of nitrogens with two attached hydrogens (primary N) is 1. The van der Waals surface area contributed by atoms with Gasteiger partial charge in [0.05, 0.1) is 18.2 Å². The number of nitrogens with one attached hydrogen (secondary N) is 5.